The number of methoxy groups -OCH3 is 2. The number of aromatic nitrogens is 2. The number of esters is 2. The summed E-state index contributed by atoms with van der Waals surface area (Å²) in [6, 6.07) is 8.45. The molecular formula is C21H14F6N2O4. The molecule has 0 radical (unpaired) electrons. The average Bonchev–Trinajstić information content (AvgIpc) is 3.17. The fourth-order valence-electron chi connectivity index (χ4n) is 3.10. The van der Waals surface area contributed by atoms with E-state index in [-0.39, 0.29) is 11.8 Å². The van der Waals surface area contributed by atoms with Crippen LogP contribution in [0.25, 0.3) is 16.9 Å². The third-order valence-corrected chi connectivity index (χ3v) is 4.56. The molecule has 0 aliphatic heterocycles. The molecule has 0 fully saturated rings. The molecule has 0 unspecified atom stereocenters. The van der Waals surface area contributed by atoms with Gasteiger partial charge in [-0.2, -0.15) is 31.4 Å². The second-order valence-electron chi connectivity index (χ2n) is 6.56. The summed E-state index contributed by atoms with van der Waals surface area (Å²) in [7, 11) is 1.90. The summed E-state index contributed by atoms with van der Waals surface area (Å²) in [5.74, 6) is -2.36. The van der Waals surface area contributed by atoms with E-state index in [9.17, 15) is 35.9 Å². The highest BCUT2D eigenvalue weighted by atomic mass is 19.4. The normalized spacial score (nSPS) is 11.9. The van der Waals surface area contributed by atoms with Crippen LogP contribution in [0.4, 0.5) is 26.3 Å². The van der Waals surface area contributed by atoms with Gasteiger partial charge in [-0.3, -0.25) is 0 Å². The van der Waals surface area contributed by atoms with Gasteiger partial charge in [-0.25, -0.2) is 14.3 Å². The zero-order valence-corrected chi connectivity index (χ0v) is 16.9. The van der Waals surface area contributed by atoms with Crippen LogP contribution in [0.15, 0.2) is 48.5 Å². The molecule has 3 rings (SSSR count). The SMILES string of the molecule is COC(=O)c1c(-c2ccc(C(F)(F)F)cc2C(F)(F)F)nn(-c2ccccc2)c1C(=O)OC. The molecule has 0 aliphatic rings. The molecule has 1 aromatic heterocycles. The van der Waals surface area contributed by atoms with Crippen LogP contribution in [0.5, 0.6) is 0 Å². The van der Waals surface area contributed by atoms with E-state index in [1.54, 1.807) is 6.07 Å². The number of carbonyl (C=O) groups is 2. The Balaban J connectivity index is 2.44. The molecule has 0 N–H and O–H groups in total. The van der Waals surface area contributed by atoms with E-state index in [0.29, 0.717) is 12.1 Å². The minimum atomic E-state index is -5.24. The molecule has 0 atom stereocenters. The van der Waals surface area contributed by atoms with Crippen molar-refractivity contribution in [1.29, 1.82) is 0 Å². The highest BCUT2D eigenvalue weighted by molar-refractivity contribution is 6.07. The highest BCUT2D eigenvalue weighted by Crippen LogP contribution is 2.42. The molecule has 12 heteroatoms. The van der Waals surface area contributed by atoms with Gasteiger partial charge in [0.25, 0.3) is 0 Å². The quantitative estimate of drug-likeness (QED) is 0.388. The summed E-state index contributed by atoms with van der Waals surface area (Å²) in [4.78, 5) is 25.0. The molecular weight excluding hydrogens is 458 g/mol. The molecule has 6 nitrogen and oxygen atoms in total. The van der Waals surface area contributed by atoms with Crippen LogP contribution in [-0.4, -0.2) is 35.9 Å². The number of alkyl halides is 6. The van der Waals surface area contributed by atoms with Gasteiger partial charge in [-0.1, -0.05) is 24.3 Å². The average molecular weight is 472 g/mol. The van der Waals surface area contributed by atoms with Crippen LogP contribution in [0.1, 0.15) is 32.0 Å². The predicted octanol–water partition coefficient (Wildman–Crippen LogP) is 5.15. The third-order valence-electron chi connectivity index (χ3n) is 4.56. The number of halogens is 6. The summed E-state index contributed by atoms with van der Waals surface area (Å²) in [5, 5.41) is 3.99. The Kier molecular flexibility index (Phi) is 6.21. The lowest BCUT2D eigenvalue weighted by Gasteiger charge is -2.15. The maximum atomic E-state index is 13.8. The maximum absolute atomic E-state index is 13.8. The molecule has 33 heavy (non-hydrogen) atoms. The van der Waals surface area contributed by atoms with Gasteiger partial charge in [0.1, 0.15) is 11.3 Å². The van der Waals surface area contributed by atoms with Gasteiger partial charge in [0.05, 0.1) is 31.0 Å². The number of hydrogen-bond donors (Lipinski definition) is 0. The lowest BCUT2D eigenvalue weighted by Crippen LogP contribution is -2.16. The predicted molar refractivity (Wildman–Crippen MR) is 102 cm³/mol. The summed E-state index contributed by atoms with van der Waals surface area (Å²) in [5.41, 5.74) is -5.87. The zero-order valence-electron chi connectivity index (χ0n) is 16.9. The molecule has 0 saturated heterocycles. The van der Waals surface area contributed by atoms with E-state index >= 15 is 0 Å². The summed E-state index contributed by atoms with van der Waals surface area (Å²) in [6.45, 7) is 0. The number of carbonyl (C=O) groups excluding carboxylic acids is 2. The Morgan fingerprint density at radius 3 is 1.97 bits per heavy atom. The molecule has 1 heterocycles. The number of hydrogen-bond acceptors (Lipinski definition) is 5. The van der Waals surface area contributed by atoms with Crippen molar-refractivity contribution in [2.75, 3.05) is 14.2 Å². The van der Waals surface area contributed by atoms with Crippen molar-refractivity contribution in [2.45, 2.75) is 12.4 Å². The van der Waals surface area contributed by atoms with E-state index < -0.39 is 57.9 Å². The Bertz CT molecular complexity index is 1200. The van der Waals surface area contributed by atoms with Crippen LogP contribution in [0.2, 0.25) is 0 Å². The maximum Gasteiger partial charge on any atom is 0.417 e. The fourth-order valence-corrected chi connectivity index (χ4v) is 3.10. The van der Waals surface area contributed by atoms with E-state index in [0.717, 1.165) is 18.9 Å². The van der Waals surface area contributed by atoms with Gasteiger partial charge >= 0.3 is 24.3 Å². The fraction of sp³-hybridized carbons (Fsp3) is 0.190. The first-order valence-corrected chi connectivity index (χ1v) is 9.04. The Labute approximate surface area is 182 Å². The molecule has 2 aromatic carbocycles. The largest absolute Gasteiger partial charge is 0.465 e. The van der Waals surface area contributed by atoms with Crippen molar-refractivity contribution < 1.29 is 45.4 Å². The lowest BCUT2D eigenvalue weighted by molar-refractivity contribution is -0.142. The zero-order chi connectivity index (χ0) is 24.6. The van der Waals surface area contributed by atoms with E-state index in [1.807, 2.05) is 0 Å². The Morgan fingerprint density at radius 1 is 0.848 bits per heavy atom. The van der Waals surface area contributed by atoms with Crippen molar-refractivity contribution in [3.63, 3.8) is 0 Å². The van der Waals surface area contributed by atoms with E-state index in [2.05, 4.69) is 14.6 Å². The van der Waals surface area contributed by atoms with Gasteiger partial charge < -0.3 is 9.47 Å². The Morgan fingerprint density at radius 2 is 1.45 bits per heavy atom. The third kappa shape index (κ3) is 4.54. The summed E-state index contributed by atoms with van der Waals surface area (Å²) >= 11 is 0. The van der Waals surface area contributed by atoms with Crippen LogP contribution in [0.3, 0.4) is 0 Å². The van der Waals surface area contributed by atoms with Crippen molar-refractivity contribution in [3.8, 4) is 16.9 Å². The topological polar surface area (TPSA) is 70.4 Å². The van der Waals surface area contributed by atoms with Crippen LogP contribution >= 0.6 is 0 Å². The molecule has 0 saturated carbocycles. The Hall–Kier alpha value is -3.83. The van der Waals surface area contributed by atoms with Crippen molar-refractivity contribution in [3.05, 3.63) is 70.9 Å². The highest BCUT2D eigenvalue weighted by Gasteiger charge is 2.41. The molecule has 0 aliphatic carbocycles. The molecule has 0 amide bonds. The van der Waals surface area contributed by atoms with E-state index in [4.69, 9.17) is 0 Å². The second-order valence-corrected chi connectivity index (χ2v) is 6.56. The molecule has 0 bridgehead atoms. The first kappa shape index (κ1) is 23.8. The summed E-state index contributed by atoms with van der Waals surface area (Å²) < 4.78 is 90.7. The lowest BCUT2D eigenvalue weighted by atomic mass is 9.97. The van der Waals surface area contributed by atoms with Crippen LogP contribution in [0, 0.1) is 0 Å². The van der Waals surface area contributed by atoms with Crippen molar-refractivity contribution in [1.82, 2.24) is 9.78 Å². The van der Waals surface area contributed by atoms with Gasteiger partial charge in [0.15, 0.2) is 5.69 Å². The van der Waals surface area contributed by atoms with Crippen LogP contribution in [-0.2, 0) is 21.8 Å². The smallest absolute Gasteiger partial charge is 0.417 e. The van der Waals surface area contributed by atoms with Crippen molar-refractivity contribution >= 4 is 11.9 Å². The van der Waals surface area contributed by atoms with Crippen LogP contribution < -0.4 is 0 Å². The molecule has 3 aromatic rings. The number of rotatable bonds is 4. The van der Waals surface area contributed by atoms with Gasteiger partial charge in [-0.05, 0) is 24.3 Å². The monoisotopic (exact) mass is 472 g/mol. The van der Waals surface area contributed by atoms with Gasteiger partial charge in [-0.15, -0.1) is 0 Å². The minimum Gasteiger partial charge on any atom is -0.465 e. The van der Waals surface area contributed by atoms with Gasteiger partial charge in [0, 0.05) is 5.56 Å². The van der Waals surface area contributed by atoms with Gasteiger partial charge in [0.2, 0.25) is 0 Å². The first-order chi connectivity index (χ1) is 15.4. The summed E-state index contributed by atoms with van der Waals surface area (Å²) in [6.07, 6.45) is -10.3. The standard InChI is InChI=1S/C21H14F6N2O4/c1-32-18(30)15-16(13-9-8-11(20(22,23)24)10-14(13)21(25,26)27)28-29(17(15)19(31)33-2)12-6-4-3-5-7-12/h3-10H,1-2H3. The molecule has 174 valence electrons. The first-order valence-electron chi connectivity index (χ1n) is 9.04. The second kappa shape index (κ2) is 8.60. The number of benzene rings is 2. The number of ether oxygens (including phenoxy) is 2. The minimum absolute atomic E-state index is 0.0876. The van der Waals surface area contributed by atoms with E-state index in [1.165, 1.54) is 24.3 Å². The van der Waals surface area contributed by atoms with Crippen molar-refractivity contribution in [2.24, 2.45) is 0 Å². The number of nitrogens with zero attached hydrogens (tertiary/aromatic N) is 2. The molecule has 0 spiro atoms. The number of para-hydroxylation sites is 1.